The summed E-state index contributed by atoms with van der Waals surface area (Å²) in [6, 6.07) is 0.794. The highest BCUT2D eigenvalue weighted by molar-refractivity contribution is 4.87. The summed E-state index contributed by atoms with van der Waals surface area (Å²) >= 11 is 0. The van der Waals surface area contributed by atoms with Gasteiger partial charge in [-0.3, -0.25) is 4.90 Å². The molecule has 2 rings (SSSR count). The monoisotopic (exact) mass is 295 g/mol. The summed E-state index contributed by atoms with van der Waals surface area (Å²) in [5.74, 6) is 2.64. The van der Waals surface area contributed by atoms with Crippen LogP contribution in [0.3, 0.4) is 0 Å². The van der Waals surface area contributed by atoms with Crippen LogP contribution in [0.15, 0.2) is 0 Å². The Morgan fingerprint density at radius 3 is 2.33 bits per heavy atom. The van der Waals surface area contributed by atoms with Crippen LogP contribution < -0.4 is 0 Å². The minimum absolute atomic E-state index is 0.0771. The fourth-order valence-corrected chi connectivity index (χ4v) is 4.56. The molecule has 2 fully saturated rings. The topological polar surface area (TPSA) is 23.5 Å². The summed E-state index contributed by atoms with van der Waals surface area (Å²) in [5, 5.41) is 10.6. The maximum absolute atomic E-state index is 10.6. The second kappa shape index (κ2) is 7.97. The molecule has 1 N–H and O–H groups in total. The van der Waals surface area contributed by atoms with E-state index in [0.717, 1.165) is 24.9 Å². The van der Waals surface area contributed by atoms with Crippen molar-refractivity contribution in [1.29, 1.82) is 0 Å². The van der Waals surface area contributed by atoms with Crippen molar-refractivity contribution in [2.24, 2.45) is 23.7 Å². The van der Waals surface area contributed by atoms with Crippen LogP contribution in [0.4, 0.5) is 0 Å². The van der Waals surface area contributed by atoms with Crippen molar-refractivity contribution < 1.29 is 5.11 Å². The summed E-state index contributed by atoms with van der Waals surface area (Å²) in [4.78, 5) is 2.74. The molecule has 2 saturated carbocycles. The quantitative estimate of drug-likeness (QED) is 0.789. The highest BCUT2D eigenvalue weighted by Gasteiger charge is 2.35. The average molecular weight is 296 g/mol. The molecule has 0 bridgehead atoms. The number of aliphatic hydroxyl groups excluding tert-OH is 1. The van der Waals surface area contributed by atoms with E-state index in [-0.39, 0.29) is 6.10 Å². The second-order valence-corrected chi connectivity index (χ2v) is 8.40. The van der Waals surface area contributed by atoms with E-state index >= 15 is 0 Å². The van der Waals surface area contributed by atoms with Crippen molar-refractivity contribution in [2.45, 2.75) is 84.8 Å². The molecule has 0 aromatic heterocycles. The van der Waals surface area contributed by atoms with Crippen molar-refractivity contribution in [2.75, 3.05) is 13.1 Å². The van der Waals surface area contributed by atoms with Gasteiger partial charge in [0, 0.05) is 18.5 Å². The lowest BCUT2D eigenvalue weighted by atomic mass is 9.73. The largest absolute Gasteiger partial charge is 0.393 e. The van der Waals surface area contributed by atoms with Crippen LogP contribution in [-0.4, -0.2) is 35.2 Å². The van der Waals surface area contributed by atoms with Crippen LogP contribution in [0.1, 0.15) is 72.6 Å². The molecular weight excluding hydrogens is 258 g/mol. The third-order valence-corrected chi connectivity index (χ3v) is 5.92. The van der Waals surface area contributed by atoms with Gasteiger partial charge >= 0.3 is 0 Å². The molecule has 2 nitrogen and oxygen atoms in total. The SMILES string of the molecule is CC(C)CCN(CC1C(C)CC(C)CC1O)C1CCCC1. The standard InChI is InChI=1S/C19H37NO/c1-14(2)9-10-20(17-7-5-6-8-17)13-18-16(4)11-15(3)12-19(18)21/h14-19,21H,5-13H2,1-4H3. The summed E-state index contributed by atoms with van der Waals surface area (Å²) in [7, 11) is 0. The van der Waals surface area contributed by atoms with Gasteiger partial charge in [0.2, 0.25) is 0 Å². The fourth-order valence-electron chi connectivity index (χ4n) is 4.56. The van der Waals surface area contributed by atoms with Gasteiger partial charge in [0.25, 0.3) is 0 Å². The van der Waals surface area contributed by atoms with E-state index in [4.69, 9.17) is 0 Å². The van der Waals surface area contributed by atoms with E-state index in [0.29, 0.717) is 17.8 Å². The third kappa shape index (κ3) is 4.96. The Morgan fingerprint density at radius 2 is 1.76 bits per heavy atom. The Bertz CT molecular complexity index is 286. The van der Waals surface area contributed by atoms with E-state index < -0.39 is 0 Å². The Labute approximate surface area is 132 Å². The van der Waals surface area contributed by atoms with Crippen molar-refractivity contribution in [3.05, 3.63) is 0 Å². The highest BCUT2D eigenvalue weighted by Crippen LogP contribution is 2.35. The molecule has 21 heavy (non-hydrogen) atoms. The zero-order valence-electron chi connectivity index (χ0n) is 14.7. The second-order valence-electron chi connectivity index (χ2n) is 8.40. The van der Waals surface area contributed by atoms with Crippen molar-refractivity contribution >= 4 is 0 Å². The Kier molecular flexibility index (Phi) is 6.55. The van der Waals surface area contributed by atoms with Crippen LogP contribution in [0.25, 0.3) is 0 Å². The van der Waals surface area contributed by atoms with Gasteiger partial charge in [-0.25, -0.2) is 0 Å². The Balaban J connectivity index is 1.95. The first kappa shape index (κ1) is 17.3. The van der Waals surface area contributed by atoms with Crippen LogP contribution in [0, 0.1) is 23.7 Å². The molecular formula is C19H37NO. The van der Waals surface area contributed by atoms with Gasteiger partial charge in [-0.2, -0.15) is 0 Å². The van der Waals surface area contributed by atoms with E-state index in [9.17, 15) is 5.11 Å². The predicted octanol–water partition coefficient (Wildman–Crippen LogP) is 4.32. The summed E-state index contributed by atoms with van der Waals surface area (Å²) in [5.41, 5.74) is 0. The molecule has 0 heterocycles. The van der Waals surface area contributed by atoms with Gasteiger partial charge in [-0.05, 0) is 56.4 Å². The van der Waals surface area contributed by atoms with Gasteiger partial charge < -0.3 is 5.11 Å². The van der Waals surface area contributed by atoms with Gasteiger partial charge in [-0.1, -0.05) is 40.5 Å². The average Bonchev–Trinajstić information content (AvgIpc) is 2.90. The first-order valence-corrected chi connectivity index (χ1v) is 9.39. The number of rotatable bonds is 6. The molecule has 124 valence electrons. The van der Waals surface area contributed by atoms with Gasteiger partial charge in [0.15, 0.2) is 0 Å². The van der Waals surface area contributed by atoms with E-state index in [1.54, 1.807) is 0 Å². The predicted molar refractivity (Wildman–Crippen MR) is 90.3 cm³/mol. The fraction of sp³-hybridized carbons (Fsp3) is 1.00. The first-order valence-electron chi connectivity index (χ1n) is 9.39. The molecule has 0 aliphatic heterocycles. The molecule has 0 aromatic rings. The summed E-state index contributed by atoms with van der Waals surface area (Å²) in [6.45, 7) is 11.7. The molecule has 0 spiro atoms. The normalized spacial score (nSPS) is 35.0. The molecule has 0 saturated heterocycles. The number of hydrogen-bond donors (Lipinski definition) is 1. The van der Waals surface area contributed by atoms with E-state index in [1.807, 2.05) is 0 Å². The maximum atomic E-state index is 10.6. The lowest BCUT2D eigenvalue weighted by molar-refractivity contribution is -0.00950. The lowest BCUT2D eigenvalue weighted by Crippen LogP contribution is -2.46. The summed E-state index contributed by atoms with van der Waals surface area (Å²) < 4.78 is 0. The van der Waals surface area contributed by atoms with Crippen molar-refractivity contribution in [3.63, 3.8) is 0 Å². The molecule has 2 aliphatic carbocycles. The van der Waals surface area contributed by atoms with Gasteiger partial charge in [0.05, 0.1) is 6.10 Å². The highest BCUT2D eigenvalue weighted by atomic mass is 16.3. The van der Waals surface area contributed by atoms with E-state index in [2.05, 4.69) is 32.6 Å². The van der Waals surface area contributed by atoms with Crippen LogP contribution in [-0.2, 0) is 0 Å². The molecule has 2 heteroatoms. The smallest absolute Gasteiger partial charge is 0.0585 e. The maximum Gasteiger partial charge on any atom is 0.0585 e. The minimum atomic E-state index is -0.0771. The number of hydrogen-bond acceptors (Lipinski definition) is 2. The molecule has 4 unspecified atom stereocenters. The zero-order valence-corrected chi connectivity index (χ0v) is 14.7. The lowest BCUT2D eigenvalue weighted by Gasteiger charge is -2.41. The Morgan fingerprint density at radius 1 is 1.10 bits per heavy atom. The van der Waals surface area contributed by atoms with Crippen LogP contribution in [0.2, 0.25) is 0 Å². The molecule has 0 aromatic carbocycles. The molecule has 4 atom stereocenters. The summed E-state index contributed by atoms with van der Waals surface area (Å²) in [6.07, 6.45) is 9.10. The minimum Gasteiger partial charge on any atom is -0.393 e. The van der Waals surface area contributed by atoms with Crippen LogP contribution in [0.5, 0.6) is 0 Å². The van der Waals surface area contributed by atoms with E-state index in [1.165, 1.54) is 45.1 Å². The Hall–Kier alpha value is -0.0800. The van der Waals surface area contributed by atoms with Gasteiger partial charge in [-0.15, -0.1) is 0 Å². The number of aliphatic hydroxyl groups is 1. The molecule has 0 radical (unpaired) electrons. The van der Waals surface area contributed by atoms with Gasteiger partial charge in [0.1, 0.15) is 0 Å². The first-order chi connectivity index (χ1) is 9.97. The van der Waals surface area contributed by atoms with Crippen molar-refractivity contribution in [3.8, 4) is 0 Å². The number of nitrogens with zero attached hydrogens (tertiary/aromatic N) is 1. The third-order valence-electron chi connectivity index (χ3n) is 5.92. The zero-order chi connectivity index (χ0) is 15.4. The van der Waals surface area contributed by atoms with Crippen molar-refractivity contribution in [1.82, 2.24) is 4.90 Å². The molecule has 2 aliphatic rings. The molecule has 0 amide bonds. The van der Waals surface area contributed by atoms with Crippen LogP contribution >= 0.6 is 0 Å².